The number of hydrogen-bond acceptors (Lipinski definition) is 3. The number of aliphatic carboxylic acids is 1. The average Bonchev–Trinajstić information content (AvgIpc) is 3.02. The van der Waals surface area contributed by atoms with E-state index in [9.17, 15) is 19.5 Å². The molecule has 0 fully saturated rings. The van der Waals surface area contributed by atoms with Crippen LogP contribution in [0.3, 0.4) is 0 Å². The van der Waals surface area contributed by atoms with Gasteiger partial charge in [-0.1, -0.05) is 50.6 Å². The molecule has 0 saturated heterocycles. The van der Waals surface area contributed by atoms with Crippen molar-refractivity contribution >= 4 is 23.5 Å². The molecule has 2 unspecified atom stereocenters. The molecule has 1 heterocycles. The number of carbonyl (C=O) groups is 3. The SMILES string of the molecule is CCC(C)C(NC(=O)c1cccc2c1C(=O)N(c1ccccc1)C2)C(=O)O. The Bertz CT molecular complexity index is 879. The largest absolute Gasteiger partial charge is 0.480 e. The molecule has 1 aliphatic heterocycles. The minimum Gasteiger partial charge on any atom is -0.480 e. The van der Waals surface area contributed by atoms with Gasteiger partial charge in [-0.2, -0.15) is 0 Å². The predicted molar refractivity (Wildman–Crippen MR) is 102 cm³/mol. The molecule has 140 valence electrons. The topological polar surface area (TPSA) is 86.7 Å². The summed E-state index contributed by atoms with van der Waals surface area (Å²) in [4.78, 5) is 38.9. The quantitative estimate of drug-likeness (QED) is 0.823. The van der Waals surface area contributed by atoms with E-state index >= 15 is 0 Å². The third kappa shape index (κ3) is 3.56. The van der Waals surface area contributed by atoms with Gasteiger partial charge in [0.25, 0.3) is 11.8 Å². The lowest BCUT2D eigenvalue weighted by atomic mass is 9.97. The van der Waals surface area contributed by atoms with Gasteiger partial charge in [-0.3, -0.25) is 9.59 Å². The number of para-hydroxylation sites is 1. The zero-order chi connectivity index (χ0) is 19.6. The summed E-state index contributed by atoms with van der Waals surface area (Å²) in [5, 5.41) is 12.0. The maximum Gasteiger partial charge on any atom is 0.326 e. The molecule has 0 saturated carbocycles. The van der Waals surface area contributed by atoms with E-state index in [1.807, 2.05) is 43.3 Å². The Morgan fingerprint density at radius 3 is 2.48 bits per heavy atom. The highest BCUT2D eigenvalue weighted by Crippen LogP contribution is 2.30. The van der Waals surface area contributed by atoms with E-state index in [1.165, 1.54) is 0 Å². The molecule has 2 aromatic carbocycles. The van der Waals surface area contributed by atoms with Gasteiger partial charge in [0.05, 0.1) is 17.7 Å². The molecule has 2 N–H and O–H groups in total. The van der Waals surface area contributed by atoms with Crippen molar-refractivity contribution in [2.45, 2.75) is 32.9 Å². The van der Waals surface area contributed by atoms with E-state index in [2.05, 4.69) is 5.32 Å². The zero-order valence-electron chi connectivity index (χ0n) is 15.3. The van der Waals surface area contributed by atoms with Gasteiger partial charge < -0.3 is 15.3 Å². The number of fused-ring (bicyclic) bond motifs is 1. The highest BCUT2D eigenvalue weighted by molar-refractivity contribution is 6.16. The number of anilines is 1. The number of nitrogens with one attached hydrogen (secondary N) is 1. The molecule has 0 spiro atoms. The Labute approximate surface area is 157 Å². The summed E-state index contributed by atoms with van der Waals surface area (Å²) >= 11 is 0. The number of carbonyl (C=O) groups excluding carboxylic acids is 2. The van der Waals surface area contributed by atoms with Gasteiger partial charge >= 0.3 is 5.97 Å². The van der Waals surface area contributed by atoms with E-state index in [-0.39, 0.29) is 17.4 Å². The van der Waals surface area contributed by atoms with Crippen LogP contribution in [-0.2, 0) is 11.3 Å². The summed E-state index contributed by atoms with van der Waals surface area (Å²) in [5.74, 6) is -2.09. The number of carboxylic acid groups (broad SMARTS) is 1. The Morgan fingerprint density at radius 2 is 1.85 bits per heavy atom. The van der Waals surface area contributed by atoms with E-state index < -0.39 is 17.9 Å². The van der Waals surface area contributed by atoms with Crippen molar-refractivity contribution in [2.24, 2.45) is 5.92 Å². The van der Waals surface area contributed by atoms with Crippen molar-refractivity contribution < 1.29 is 19.5 Å². The highest BCUT2D eigenvalue weighted by Gasteiger charge is 2.34. The molecule has 27 heavy (non-hydrogen) atoms. The first-order valence-corrected chi connectivity index (χ1v) is 8.96. The fourth-order valence-electron chi connectivity index (χ4n) is 3.27. The van der Waals surface area contributed by atoms with Crippen LogP contribution in [0.25, 0.3) is 0 Å². The second kappa shape index (κ2) is 7.61. The van der Waals surface area contributed by atoms with Crippen LogP contribution in [0.15, 0.2) is 48.5 Å². The molecule has 0 aliphatic carbocycles. The van der Waals surface area contributed by atoms with Crippen molar-refractivity contribution in [3.05, 3.63) is 65.2 Å². The fourth-order valence-corrected chi connectivity index (χ4v) is 3.27. The van der Waals surface area contributed by atoms with Crippen molar-refractivity contribution in [3.8, 4) is 0 Å². The lowest BCUT2D eigenvalue weighted by Gasteiger charge is -2.20. The molecule has 2 atom stereocenters. The summed E-state index contributed by atoms with van der Waals surface area (Å²) in [6, 6.07) is 13.4. The van der Waals surface area contributed by atoms with Crippen molar-refractivity contribution in [2.75, 3.05) is 4.90 Å². The summed E-state index contributed by atoms with van der Waals surface area (Å²) in [7, 11) is 0. The van der Waals surface area contributed by atoms with Gasteiger partial charge in [0.1, 0.15) is 6.04 Å². The molecule has 1 aliphatic rings. The first-order chi connectivity index (χ1) is 12.9. The Balaban J connectivity index is 1.90. The number of rotatable bonds is 6. The van der Waals surface area contributed by atoms with Gasteiger partial charge in [0, 0.05) is 5.69 Å². The summed E-state index contributed by atoms with van der Waals surface area (Å²) in [6.45, 7) is 4.03. The maximum absolute atomic E-state index is 13.0. The standard InChI is InChI=1S/C21H22N2O4/c1-3-13(2)18(21(26)27)22-19(24)16-11-7-8-14-12-23(20(25)17(14)16)15-9-5-4-6-10-15/h4-11,13,18H,3,12H2,1-2H3,(H,22,24)(H,26,27). The molecule has 0 radical (unpaired) electrons. The van der Waals surface area contributed by atoms with Gasteiger partial charge in [0.2, 0.25) is 0 Å². The van der Waals surface area contributed by atoms with Gasteiger partial charge in [-0.25, -0.2) is 4.79 Å². The third-order valence-corrected chi connectivity index (χ3v) is 5.02. The van der Waals surface area contributed by atoms with Crippen LogP contribution in [0.2, 0.25) is 0 Å². The Kier molecular flexibility index (Phi) is 5.26. The number of hydrogen-bond donors (Lipinski definition) is 2. The average molecular weight is 366 g/mol. The molecule has 6 heteroatoms. The molecule has 3 rings (SSSR count). The Morgan fingerprint density at radius 1 is 1.15 bits per heavy atom. The van der Waals surface area contributed by atoms with Crippen molar-refractivity contribution in [3.63, 3.8) is 0 Å². The fraction of sp³-hybridized carbons (Fsp3) is 0.286. The normalized spacial score (nSPS) is 15.2. The number of benzene rings is 2. The van der Waals surface area contributed by atoms with E-state index in [0.717, 1.165) is 11.3 Å². The molecule has 2 aromatic rings. The molecule has 2 amide bonds. The molecule has 6 nitrogen and oxygen atoms in total. The van der Waals surface area contributed by atoms with Gasteiger partial charge in [0.15, 0.2) is 0 Å². The molecule has 0 bridgehead atoms. The van der Waals surface area contributed by atoms with Crippen LogP contribution in [0.4, 0.5) is 5.69 Å². The Hall–Kier alpha value is -3.15. The third-order valence-electron chi connectivity index (χ3n) is 5.02. The summed E-state index contributed by atoms with van der Waals surface area (Å²) in [6.07, 6.45) is 0.616. The number of amides is 2. The molecule has 0 aromatic heterocycles. The van der Waals surface area contributed by atoms with Crippen LogP contribution in [0.5, 0.6) is 0 Å². The second-order valence-electron chi connectivity index (χ2n) is 6.74. The van der Waals surface area contributed by atoms with Crippen LogP contribution in [0, 0.1) is 5.92 Å². The van der Waals surface area contributed by atoms with E-state index in [0.29, 0.717) is 18.5 Å². The van der Waals surface area contributed by atoms with E-state index in [4.69, 9.17) is 0 Å². The van der Waals surface area contributed by atoms with Gasteiger partial charge in [-0.15, -0.1) is 0 Å². The second-order valence-corrected chi connectivity index (χ2v) is 6.74. The van der Waals surface area contributed by atoms with Crippen LogP contribution >= 0.6 is 0 Å². The van der Waals surface area contributed by atoms with Crippen LogP contribution in [0.1, 0.15) is 46.5 Å². The first-order valence-electron chi connectivity index (χ1n) is 8.96. The van der Waals surface area contributed by atoms with Crippen LogP contribution in [-0.4, -0.2) is 28.9 Å². The number of carboxylic acids is 1. The summed E-state index contributed by atoms with van der Waals surface area (Å²) < 4.78 is 0. The minimum atomic E-state index is -1.08. The maximum atomic E-state index is 13.0. The highest BCUT2D eigenvalue weighted by atomic mass is 16.4. The predicted octanol–water partition coefficient (Wildman–Crippen LogP) is 3.08. The minimum absolute atomic E-state index is 0.213. The van der Waals surface area contributed by atoms with Crippen LogP contribution < -0.4 is 10.2 Å². The monoisotopic (exact) mass is 366 g/mol. The molecular weight excluding hydrogens is 344 g/mol. The zero-order valence-corrected chi connectivity index (χ0v) is 15.3. The lowest BCUT2D eigenvalue weighted by Crippen LogP contribution is -2.45. The van der Waals surface area contributed by atoms with Gasteiger partial charge in [-0.05, 0) is 29.7 Å². The lowest BCUT2D eigenvalue weighted by molar-refractivity contribution is -0.140. The van der Waals surface area contributed by atoms with E-state index in [1.54, 1.807) is 24.0 Å². The van der Waals surface area contributed by atoms with Crippen molar-refractivity contribution in [1.29, 1.82) is 0 Å². The number of nitrogens with zero attached hydrogens (tertiary/aromatic N) is 1. The first kappa shape index (κ1) is 18.6. The summed E-state index contributed by atoms with van der Waals surface area (Å²) in [5.41, 5.74) is 2.07. The molecular formula is C21H22N2O4. The van der Waals surface area contributed by atoms with Crippen molar-refractivity contribution in [1.82, 2.24) is 5.32 Å². The smallest absolute Gasteiger partial charge is 0.326 e.